The van der Waals surface area contributed by atoms with E-state index in [1.54, 1.807) is 12.1 Å². The van der Waals surface area contributed by atoms with Crippen molar-refractivity contribution in [2.45, 2.75) is 31.7 Å². The van der Waals surface area contributed by atoms with Crippen molar-refractivity contribution in [2.24, 2.45) is 5.92 Å². The van der Waals surface area contributed by atoms with Gasteiger partial charge in [-0.1, -0.05) is 12.1 Å². The maximum absolute atomic E-state index is 13.5. The SMILES string of the molecule is O=C(COc1nsnc1-c1cccc(F)c1)N(C(=O)C1CCCNC1)C1CC1. The standard InChI is InChI=1S/C19H21FN4O3S/c20-14-5-1-3-12(9-14)17-18(23-28-22-17)27-11-16(25)24(15-6-7-15)19(26)13-4-2-8-21-10-13/h1,3,5,9,13,15,21H,2,4,6-8,10-11H2. The third-order valence-corrected chi connectivity index (χ3v) is 5.46. The number of carbonyl (C=O) groups is 2. The number of nitrogens with one attached hydrogen (secondary N) is 1. The molecule has 148 valence electrons. The molecule has 28 heavy (non-hydrogen) atoms. The van der Waals surface area contributed by atoms with Gasteiger partial charge in [-0.05, 0) is 44.4 Å². The van der Waals surface area contributed by atoms with Gasteiger partial charge >= 0.3 is 0 Å². The first-order valence-corrected chi connectivity index (χ1v) is 10.1. The minimum absolute atomic E-state index is 0.0261. The van der Waals surface area contributed by atoms with Gasteiger partial charge < -0.3 is 10.1 Å². The predicted octanol–water partition coefficient (Wildman–Crippen LogP) is 2.24. The zero-order chi connectivity index (χ0) is 19.5. The van der Waals surface area contributed by atoms with Gasteiger partial charge in [-0.3, -0.25) is 14.5 Å². The fourth-order valence-corrected chi connectivity index (χ4v) is 3.90. The summed E-state index contributed by atoms with van der Waals surface area (Å²) in [4.78, 5) is 27.0. The zero-order valence-electron chi connectivity index (χ0n) is 15.3. The molecule has 2 aromatic rings. The number of halogens is 1. The van der Waals surface area contributed by atoms with Crippen molar-refractivity contribution in [3.8, 4) is 17.1 Å². The second kappa shape index (κ2) is 8.32. The van der Waals surface area contributed by atoms with Crippen LogP contribution in [0.25, 0.3) is 11.3 Å². The van der Waals surface area contributed by atoms with Crippen LogP contribution in [0.1, 0.15) is 25.7 Å². The number of imide groups is 1. The molecule has 7 nitrogen and oxygen atoms in total. The third kappa shape index (κ3) is 4.20. The Balaban J connectivity index is 1.43. The maximum Gasteiger partial charge on any atom is 0.267 e. The van der Waals surface area contributed by atoms with Crippen LogP contribution in [-0.2, 0) is 9.59 Å². The van der Waals surface area contributed by atoms with Crippen LogP contribution in [-0.4, -0.2) is 51.2 Å². The minimum Gasteiger partial charge on any atom is -0.465 e. The summed E-state index contributed by atoms with van der Waals surface area (Å²) in [6.07, 6.45) is 3.40. The number of amides is 2. The van der Waals surface area contributed by atoms with Crippen molar-refractivity contribution < 1.29 is 18.7 Å². The Morgan fingerprint density at radius 2 is 2.14 bits per heavy atom. The lowest BCUT2D eigenvalue weighted by Gasteiger charge is -2.28. The van der Waals surface area contributed by atoms with E-state index in [0.29, 0.717) is 17.8 Å². The summed E-state index contributed by atoms with van der Waals surface area (Å²) >= 11 is 0.927. The van der Waals surface area contributed by atoms with Crippen LogP contribution in [0.4, 0.5) is 4.39 Å². The molecule has 2 amide bonds. The van der Waals surface area contributed by atoms with E-state index < -0.39 is 0 Å². The minimum atomic E-state index is -0.390. The molecule has 9 heteroatoms. The molecular weight excluding hydrogens is 383 g/mol. The number of hydrogen-bond donors (Lipinski definition) is 1. The van der Waals surface area contributed by atoms with Gasteiger partial charge in [0, 0.05) is 18.2 Å². The summed E-state index contributed by atoms with van der Waals surface area (Å²) in [5, 5.41) is 3.22. The van der Waals surface area contributed by atoms with E-state index in [2.05, 4.69) is 14.1 Å². The summed E-state index contributed by atoms with van der Waals surface area (Å²) in [7, 11) is 0. The van der Waals surface area contributed by atoms with E-state index in [1.165, 1.54) is 17.0 Å². The summed E-state index contributed by atoms with van der Waals surface area (Å²) in [6, 6.07) is 5.92. The fraction of sp³-hybridized carbons (Fsp3) is 0.474. The molecule has 1 N–H and O–H groups in total. The van der Waals surface area contributed by atoms with E-state index in [1.807, 2.05) is 0 Å². The lowest BCUT2D eigenvalue weighted by atomic mass is 9.98. The molecule has 2 fully saturated rings. The monoisotopic (exact) mass is 404 g/mol. The lowest BCUT2D eigenvalue weighted by molar-refractivity contribution is -0.149. The highest BCUT2D eigenvalue weighted by molar-refractivity contribution is 6.99. The van der Waals surface area contributed by atoms with Crippen LogP contribution in [0.15, 0.2) is 24.3 Å². The van der Waals surface area contributed by atoms with Gasteiger partial charge in [-0.2, -0.15) is 4.37 Å². The van der Waals surface area contributed by atoms with Crippen LogP contribution in [0.2, 0.25) is 0 Å². The first kappa shape index (κ1) is 18.9. The van der Waals surface area contributed by atoms with Crippen LogP contribution in [0, 0.1) is 11.7 Å². The highest BCUT2D eigenvalue weighted by Crippen LogP contribution is 2.31. The van der Waals surface area contributed by atoms with Gasteiger partial charge in [0.1, 0.15) is 11.5 Å². The number of hydrogen-bond acceptors (Lipinski definition) is 7. The average molecular weight is 404 g/mol. The highest BCUT2D eigenvalue weighted by atomic mass is 32.1. The van der Waals surface area contributed by atoms with E-state index in [-0.39, 0.29) is 42.1 Å². The largest absolute Gasteiger partial charge is 0.465 e. The van der Waals surface area contributed by atoms with Crippen LogP contribution in [0.5, 0.6) is 5.88 Å². The topological polar surface area (TPSA) is 84.4 Å². The normalized spacial score (nSPS) is 19.2. The van der Waals surface area contributed by atoms with Gasteiger partial charge in [0.2, 0.25) is 5.91 Å². The van der Waals surface area contributed by atoms with Gasteiger partial charge in [0.25, 0.3) is 11.8 Å². The van der Waals surface area contributed by atoms with Crippen molar-refractivity contribution in [3.05, 3.63) is 30.1 Å². The van der Waals surface area contributed by atoms with E-state index >= 15 is 0 Å². The Morgan fingerprint density at radius 3 is 2.86 bits per heavy atom. The highest BCUT2D eigenvalue weighted by Gasteiger charge is 2.40. The molecule has 1 atom stereocenters. The van der Waals surface area contributed by atoms with Gasteiger partial charge in [0.05, 0.1) is 17.6 Å². The van der Waals surface area contributed by atoms with Crippen molar-refractivity contribution in [1.82, 2.24) is 19.0 Å². The van der Waals surface area contributed by atoms with Crippen molar-refractivity contribution >= 4 is 23.5 Å². The first-order valence-electron chi connectivity index (χ1n) is 9.41. The van der Waals surface area contributed by atoms with Crippen molar-refractivity contribution in [1.29, 1.82) is 0 Å². The molecule has 1 aromatic carbocycles. The Kier molecular flexibility index (Phi) is 5.63. The number of ether oxygens (including phenoxy) is 1. The maximum atomic E-state index is 13.5. The number of carbonyl (C=O) groups excluding carboxylic acids is 2. The Hall–Kier alpha value is -2.39. The molecule has 1 aliphatic carbocycles. The quantitative estimate of drug-likeness (QED) is 0.795. The third-order valence-electron chi connectivity index (χ3n) is 4.95. The number of aromatic nitrogens is 2. The van der Waals surface area contributed by atoms with Crippen LogP contribution >= 0.6 is 11.7 Å². The van der Waals surface area contributed by atoms with Crippen LogP contribution < -0.4 is 10.1 Å². The molecule has 1 aliphatic heterocycles. The molecule has 2 aliphatic rings. The fourth-order valence-electron chi connectivity index (χ4n) is 3.39. The first-order chi connectivity index (χ1) is 13.6. The molecule has 1 saturated carbocycles. The van der Waals surface area contributed by atoms with Gasteiger partial charge in [0.15, 0.2) is 6.61 Å². The number of benzene rings is 1. The second-order valence-electron chi connectivity index (χ2n) is 7.09. The molecule has 0 radical (unpaired) electrons. The number of piperidine rings is 1. The zero-order valence-corrected chi connectivity index (χ0v) is 16.1. The van der Waals surface area contributed by atoms with Gasteiger partial charge in [-0.25, -0.2) is 4.39 Å². The van der Waals surface area contributed by atoms with E-state index in [0.717, 1.165) is 44.0 Å². The van der Waals surface area contributed by atoms with E-state index in [9.17, 15) is 14.0 Å². The number of rotatable bonds is 6. The molecule has 0 bridgehead atoms. The second-order valence-corrected chi connectivity index (χ2v) is 7.62. The summed E-state index contributed by atoms with van der Waals surface area (Å²) in [5.74, 6) is -0.867. The molecule has 4 rings (SSSR count). The Morgan fingerprint density at radius 1 is 1.29 bits per heavy atom. The van der Waals surface area contributed by atoms with Gasteiger partial charge in [-0.15, -0.1) is 4.37 Å². The molecule has 1 saturated heterocycles. The molecular formula is C19H21FN4O3S. The lowest BCUT2D eigenvalue weighted by Crippen LogP contribution is -2.48. The Bertz CT molecular complexity index is 864. The molecule has 0 spiro atoms. The molecule has 1 unspecified atom stereocenters. The van der Waals surface area contributed by atoms with Crippen molar-refractivity contribution in [3.63, 3.8) is 0 Å². The molecule has 1 aromatic heterocycles. The van der Waals surface area contributed by atoms with Crippen molar-refractivity contribution in [2.75, 3.05) is 19.7 Å². The summed E-state index contributed by atoms with van der Waals surface area (Å²) in [6.45, 7) is 1.22. The van der Waals surface area contributed by atoms with E-state index in [4.69, 9.17) is 4.74 Å². The molecule has 2 heterocycles. The van der Waals surface area contributed by atoms with Crippen LogP contribution in [0.3, 0.4) is 0 Å². The average Bonchev–Trinajstić information content (AvgIpc) is 3.42. The number of nitrogens with zero attached hydrogens (tertiary/aromatic N) is 3. The summed E-state index contributed by atoms with van der Waals surface area (Å²) < 4.78 is 27.3. The Labute approximate surface area is 166 Å². The predicted molar refractivity (Wildman–Crippen MR) is 101 cm³/mol. The smallest absolute Gasteiger partial charge is 0.267 e. The summed E-state index contributed by atoms with van der Waals surface area (Å²) in [5.41, 5.74) is 0.915.